The van der Waals surface area contributed by atoms with Gasteiger partial charge in [0, 0.05) is 12.1 Å². The number of halogens is 2. The highest BCUT2D eigenvalue weighted by Crippen LogP contribution is 2.02. The minimum atomic E-state index is 0. The van der Waals surface area contributed by atoms with E-state index in [0.717, 1.165) is 6.54 Å². The molecule has 0 radical (unpaired) electrons. The average Bonchev–Trinajstić information content (AvgIpc) is 1.64. The van der Waals surface area contributed by atoms with Crippen LogP contribution in [0.25, 0.3) is 0 Å². The maximum atomic E-state index is 2.46. The van der Waals surface area contributed by atoms with Gasteiger partial charge in [-0.2, -0.15) is 0 Å². The van der Waals surface area contributed by atoms with Crippen LogP contribution < -0.4 is 0 Å². The molecule has 0 aromatic heterocycles. The molecule has 0 aliphatic carbocycles. The largest absolute Gasteiger partial charge is 0.299 e. The number of nitrogens with zero attached hydrogens (tertiary/aromatic N) is 1. The van der Waals surface area contributed by atoms with Gasteiger partial charge in [-0.15, -0.1) is 24.8 Å². The monoisotopic (exact) mass is 217 g/mol. The zero-order valence-corrected chi connectivity index (χ0v) is 9.76. The van der Waals surface area contributed by atoms with Crippen molar-refractivity contribution in [3.05, 3.63) is 0 Å². The summed E-state index contributed by atoms with van der Waals surface area (Å²) >= 11 is 0. The lowest BCUT2D eigenvalue weighted by Crippen LogP contribution is -2.36. The summed E-state index contributed by atoms with van der Waals surface area (Å²) < 4.78 is 0. The second kappa shape index (κ2) is 11.5. The summed E-state index contributed by atoms with van der Waals surface area (Å²) in [5, 5.41) is 0. The summed E-state index contributed by atoms with van der Waals surface area (Å²) in [4.78, 5) is 2.46. The van der Waals surface area contributed by atoms with Crippen LogP contribution in [0.4, 0.5) is 0 Å². The fraction of sp³-hybridized carbons (Fsp3) is 1.00. The van der Waals surface area contributed by atoms with Crippen molar-refractivity contribution in [3.63, 3.8) is 0 Å². The molecule has 0 amide bonds. The van der Waals surface area contributed by atoms with E-state index in [1.165, 1.54) is 0 Å². The Morgan fingerprint density at radius 2 is 1.17 bits per heavy atom. The molecule has 0 saturated heterocycles. The lowest BCUT2D eigenvalue weighted by atomic mass is 10.2. The molecule has 0 rings (SSSR count). The van der Waals surface area contributed by atoms with Crippen LogP contribution in [0.1, 0.15) is 42.0 Å². The third kappa shape index (κ3) is 8.63. The van der Waals surface area contributed by atoms with Gasteiger partial charge in [0.25, 0.3) is 0 Å². The predicted molar refractivity (Wildman–Crippen MR) is 63.9 cm³/mol. The molecule has 80 valence electrons. The maximum Gasteiger partial charge on any atom is 0.00411 e. The lowest BCUT2D eigenvalue weighted by Gasteiger charge is -2.28. The van der Waals surface area contributed by atoms with Gasteiger partial charge in [0.1, 0.15) is 0 Å². The third-order valence-corrected chi connectivity index (χ3v) is 1.69. The molecular formula is C9H25Cl2N. The minimum Gasteiger partial charge on any atom is -0.299 e. The average molecular weight is 218 g/mol. The summed E-state index contributed by atoms with van der Waals surface area (Å²) in [5.41, 5.74) is 0. The Morgan fingerprint density at radius 1 is 0.917 bits per heavy atom. The first kappa shape index (κ1) is 22.9. The SMILES string of the molecule is C.CCN(C(C)C)C(C)C.Cl.Cl. The van der Waals surface area contributed by atoms with Gasteiger partial charge in [-0.3, -0.25) is 4.90 Å². The number of hydrogen-bond acceptors (Lipinski definition) is 1. The van der Waals surface area contributed by atoms with Crippen molar-refractivity contribution in [3.8, 4) is 0 Å². The molecule has 0 aliphatic rings. The van der Waals surface area contributed by atoms with Crippen LogP contribution in [0.3, 0.4) is 0 Å². The van der Waals surface area contributed by atoms with E-state index in [-0.39, 0.29) is 32.2 Å². The van der Waals surface area contributed by atoms with Crippen LogP contribution in [0.15, 0.2) is 0 Å². The first-order chi connectivity index (χ1) is 4.09. The molecule has 0 saturated carbocycles. The smallest absolute Gasteiger partial charge is 0.00411 e. The highest BCUT2D eigenvalue weighted by Gasteiger charge is 2.08. The van der Waals surface area contributed by atoms with Crippen molar-refractivity contribution < 1.29 is 0 Å². The molecule has 0 N–H and O–H groups in total. The summed E-state index contributed by atoms with van der Waals surface area (Å²) in [6.07, 6.45) is 0. The van der Waals surface area contributed by atoms with Gasteiger partial charge in [0.05, 0.1) is 0 Å². The van der Waals surface area contributed by atoms with Crippen molar-refractivity contribution in [1.82, 2.24) is 4.90 Å². The van der Waals surface area contributed by atoms with E-state index in [1.807, 2.05) is 0 Å². The van der Waals surface area contributed by atoms with Crippen LogP contribution in [0.5, 0.6) is 0 Å². The molecule has 0 heterocycles. The molecule has 12 heavy (non-hydrogen) atoms. The molecule has 0 aliphatic heterocycles. The van der Waals surface area contributed by atoms with E-state index in [4.69, 9.17) is 0 Å². The summed E-state index contributed by atoms with van der Waals surface area (Å²) in [7, 11) is 0. The fourth-order valence-electron chi connectivity index (χ4n) is 1.33. The molecule has 0 unspecified atom stereocenters. The van der Waals surface area contributed by atoms with Gasteiger partial charge in [-0.25, -0.2) is 0 Å². The van der Waals surface area contributed by atoms with Gasteiger partial charge in [0.2, 0.25) is 0 Å². The molecule has 0 aromatic carbocycles. The van der Waals surface area contributed by atoms with E-state index in [9.17, 15) is 0 Å². The second-order valence-corrected chi connectivity index (χ2v) is 3.02. The van der Waals surface area contributed by atoms with Gasteiger partial charge < -0.3 is 0 Å². The Kier molecular flexibility index (Phi) is 22.0. The van der Waals surface area contributed by atoms with E-state index in [0.29, 0.717) is 12.1 Å². The van der Waals surface area contributed by atoms with Crippen molar-refractivity contribution in [2.24, 2.45) is 0 Å². The highest BCUT2D eigenvalue weighted by atomic mass is 35.5. The van der Waals surface area contributed by atoms with Crippen LogP contribution >= 0.6 is 24.8 Å². The summed E-state index contributed by atoms with van der Waals surface area (Å²) in [6, 6.07) is 1.38. The molecule has 3 heteroatoms. The van der Waals surface area contributed by atoms with Gasteiger partial charge in [-0.05, 0) is 34.2 Å². The predicted octanol–water partition coefficient (Wildman–Crippen LogP) is 3.60. The molecule has 0 fully saturated rings. The normalized spacial score (nSPS) is 9.00. The van der Waals surface area contributed by atoms with Crippen molar-refractivity contribution >= 4 is 24.8 Å². The number of rotatable bonds is 3. The van der Waals surface area contributed by atoms with Crippen LogP contribution in [0.2, 0.25) is 0 Å². The Morgan fingerprint density at radius 3 is 1.17 bits per heavy atom. The number of hydrogen-bond donors (Lipinski definition) is 0. The maximum absolute atomic E-state index is 2.46. The standard InChI is InChI=1S/C8H19N.CH4.2ClH/c1-6-9(7(2)3)8(4)5;;;/h7-8H,6H2,1-5H3;1H4;2*1H. The Bertz CT molecular complexity index is 66.9. The zero-order chi connectivity index (χ0) is 7.44. The van der Waals surface area contributed by atoms with Crippen LogP contribution in [0, 0.1) is 0 Å². The molecule has 0 aromatic rings. The van der Waals surface area contributed by atoms with Crippen molar-refractivity contribution in [2.75, 3.05) is 6.54 Å². The molecule has 0 atom stereocenters. The fourth-order valence-corrected chi connectivity index (χ4v) is 1.33. The second-order valence-electron chi connectivity index (χ2n) is 3.02. The van der Waals surface area contributed by atoms with E-state index < -0.39 is 0 Å². The molecule has 0 spiro atoms. The van der Waals surface area contributed by atoms with Crippen LogP contribution in [-0.2, 0) is 0 Å². The van der Waals surface area contributed by atoms with Gasteiger partial charge in [0.15, 0.2) is 0 Å². The Hall–Kier alpha value is 0.540. The van der Waals surface area contributed by atoms with Crippen molar-refractivity contribution in [1.29, 1.82) is 0 Å². The Labute approximate surface area is 90.7 Å². The topological polar surface area (TPSA) is 3.24 Å². The summed E-state index contributed by atoms with van der Waals surface area (Å²) in [5.74, 6) is 0. The van der Waals surface area contributed by atoms with E-state index >= 15 is 0 Å². The Balaban J connectivity index is -0.000000107. The summed E-state index contributed by atoms with van der Waals surface area (Å²) in [6.45, 7) is 12.3. The minimum absolute atomic E-state index is 0. The lowest BCUT2D eigenvalue weighted by molar-refractivity contribution is 0.185. The van der Waals surface area contributed by atoms with Crippen molar-refractivity contribution in [2.45, 2.75) is 54.1 Å². The van der Waals surface area contributed by atoms with E-state index in [2.05, 4.69) is 39.5 Å². The van der Waals surface area contributed by atoms with Gasteiger partial charge in [-0.1, -0.05) is 14.4 Å². The van der Waals surface area contributed by atoms with Crippen LogP contribution in [-0.4, -0.2) is 23.5 Å². The third-order valence-electron chi connectivity index (χ3n) is 1.69. The highest BCUT2D eigenvalue weighted by molar-refractivity contribution is 5.85. The van der Waals surface area contributed by atoms with Gasteiger partial charge >= 0.3 is 0 Å². The molecular weight excluding hydrogens is 193 g/mol. The quantitative estimate of drug-likeness (QED) is 0.699. The first-order valence-corrected chi connectivity index (χ1v) is 3.85. The molecule has 0 bridgehead atoms. The van der Waals surface area contributed by atoms with E-state index in [1.54, 1.807) is 0 Å². The first-order valence-electron chi connectivity index (χ1n) is 3.85. The zero-order valence-electron chi connectivity index (χ0n) is 8.13. The molecule has 1 nitrogen and oxygen atoms in total.